The van der Waals surface area contributed by atoms with E-state index in [9.17, 15) is 18.8 Å². The summed E-state index contributed by atoms with van der Waals surface area (Å²) in [7, 11) is 0. The largest absolute Gasteiger partial charge is 0.323 e. The van der Waals surface area contributed by atoms with Gasteiger partial charge in [-0.3, -0.25) is 14.4 Å². The molecule has 0 radical (unpaired) electrons. The van der Waals surface area contributed by atoms with Crippen LogP contribution in [-0.4, -0.2) is 17.7 Å². The van der Waals surface area contributed by atoms with E-state index in [1.807, 2.05) is 36.4 Å². The van der Waals surface area contributed by atoms with Crippen molar-refractivity contribution in [3.8, 4) is 0 Å². The predicted molar refractivity (Wildman–Crippen MR) is 183 cm³/mol. The molecule has 230 valence electrons. The number of hydrogen-bond acceptors (Lipinski definition) is 4. The second-order valence-electron chi connectivity index (χ2n) is 9.93. The molecule has 1 unspecified atom stereocenters. The molecular weight excluding hydrogens is 644 g/mol. The lowest BCUT2D eigenvalue weighted by molar-refractivity contribution is -0.116. The van der Waals surface area contributed by atoms with Gasteiger partial charge in [0.05, 0.1) is 10.7 Å². The Kier molecular flexibility index (Phi) is 10.9. The number of benzene rings is 5. The predicted octanol–water partition coefficient (Wildman–Crippen LogP) is 9.01. The van der Waals surface area contributed by atoms with Crippen molar-refractivity contribution in [2.24, 2.45) is 0 Å². The van der Waals surface area contributed by atoms with E-state index < -0.39 is 22.9 Å². The lowest BCUT2D eigenvalue weighted by atomic mass is 10.1. The standard InChI is InChI=1S/C36H26Cl2FN3O3S/c37-26-16-19-31(30(38)21-26)41-36(45)33(24-8-3-1-4-9-24)46-29-13-7-12-28(22-29)40-35(44)32(20-23-14-17-27(39)18-15-23)42-34(43)25-10-5-2-6-11-25/h1-22,33H,(H,40,44)(H,41,45)(H,42,43)/b32-20-. The quantitative estimate of drug-likeness (QED) is 0.102. The van der Waals surface area contributed by atoms with Gasteiger partial charge in [0.25, 0.3) is 11.8 Å². The molecule has 6 nitrogen and oxygen atoms in total. The number of rotatable bonds is 10. The van der Waals surface area contributed by atoms with Crippen molar-refractivity contribution in [2.45, 2.75) is 10.1 Å². The number of halogens is 3. The molecule has 0 heterocycles. The first-order chi connectivity index (χ1) is 22.2. The van der Waals surface area contributed by atoms with Gasteiger partial charge < -0.3 is 16.0 Å². The Morgan fingerprint density at radius 2 is 1.43 bits per heavy atom. The van der Waals surface area contributed by atoms with Crippen LogP contribution < -0.4 is 16.0 Å². The Labute approximate surface area is 279 Å². The zero-order valence-electron chi connectivity index (χ0n) is 24.0. The SMILES string of the molecule is O=C(Nc1cccc(SC(C(=O)Nc2ccc(Cl)cc2Cl)c2ccccc2)c1)/C(=C/c1ccc(F)cc1)NC(=O)c1ccccc1. The smallest absolute Gasteiger partial charge is 0.272 e. The van der Waals surface area contributed by atoms with E-state index in [0.717, 1.165) is 5.56 Å². The van der Waals surface area contributed by atoms with E-state index in [-0.39, 0.29) is 11.6 Å². The lowest BCUT2D eigenvalue weighted by Gasteiger charge is -2.18. The van der Waals surface area contributed by atoms with Gasteiger partial charge in [-0.1, -0.05) is 89.9 Å². The van der Waals surface area contributed by atoms with E-state index in [1.54, 1.807) is 66.7 Å². The maximum absolute atomic E-state index is 13.6. The summed E-state index contributed by atoms with van der Waals surface area (Å²) in [4.78, 5) is 40.7. The van der Waals surface area contributed by atoms with Gasteiger partial charge in [0, 0.05) is 21.2 Å². The van der Waals surface area contributed by atoms with Crippen molar-refractivity contribution < 1.29 is 18.8 Å². The van der Waals surface area contributed by atoms with Crippen molar-refractivity contribution in [2.75, 3.05) is 10.6 Å². The average molecular weight is 671 g/mol. The fourth-order valence-electron chi connectivity index (χ4n) is 4.34. The molecule has 0 aromatic heterocycles. The molecule has 0 bridgehead atoms. The number of hydrogen-bond donors (Lipinski definition) is 3. The van der Waals surface area contributed by atoms with Crippen molar-refractivity contribution in [1.82, 2.24) is 5.32 Å². The minimum Gasteiger partial charge on any atom is -0.323 e. The molecular formula is C36H26Cl2FN3O3S. The summed E-state index contributed by atoms with van der Waals surface area (Å²) in [5.41, 5.74) is 2.46. The van der Waals surface area contributed by atoms with Crippen molar-refractivity contribution in [3.63, 3.8) is 0 Å². The van der Waals surface area contributed by atoms with E-state index in [2.05, 4.69) is 16.0 Å². The molecule has 1 atom stereocenters. The van der Waals surface area contributed by atoms with E-state index in [4.69, 9.17) is 23.2 Å². The van der Waals surface area contributed by atoms with Gasteiger partial charge in [-0.25, -0.2) is 4.39 Å². The Morgan fingerprint density at radius 3 is 2.13 bits per heavy atom. The van der Waals surface area contributed by atoms with Crippen LogP contribution in [-0.2, 0) is 9.59 Å². The van der Waals surface area contributed by atoms with E-state index in [1.165, 1.54) is 42.1 Å². The summed E-state index contributed by atoms with van der Waals surface area (Å²) in [6.45, 7) is 0. The molecule has 0 saturated carbocycles. The van der Waals surface area contributed by atoms with Gasteiger partial charge >= 0.3 is 0 Å². The Bertz CT molecular complexity index is 1890. The molecule has 0 spiro atoms. The van der Waals surface area contributed by atoms with Crippen molar-refractivity contribution in [3.05, 3.63) is 166 Å². The maximum atomic E-state index is 13.6. The maximum Gasteiger partial charge on any atom is 0.272 e. The van der Waals surface area contributed by atoms with Crippen LogP contribution >= 0.6 is 35.0 Å². The highest BCUT2D eigenvalue weighted by Gasteiger charge is 2.23. The van der Waals surface area contributed by atoms with Crippen LogP contribution in [0.15, 0.2) is 138 Å². The van der Waals surface area contributed by atoms with Gasteiger partial charge in [0.2, 0.25) is 5.91 Å². The summed E-state index contributed by atoms with van der Waals surface area (Å²) in [6.07, 6.45) is 1.46. The zero-order chi connectivity index (χ0) is 32.5. The van der Waals surface area contributed by atoms with Gasteiger partial charge in [-0.15, -0.1) is 11.8 Å². The third kappa shape index (κ3) is 8.85. The molecule has 3 amide bonds. The molecule has 3 N–H and O–H groups in total. The number of nitrogens with one attached hydrogen (secondary N) is 3. The highest BCUT2D eigenvalue weighted by Crippen LogP contribution is 2.38. The topological polar surface area (TPSA) is 87.3 Å². The lowest BCUT2D eigenvalue weighted by Crippen LogP contribution is -2.30. The molecule has 10 heteroatoms. The van der Waals surface area contributed by atoms with E-state index >= 15 is 0 Å². The number of carbonyl (C=O) groups is 3. The average Bonchev–Trinajstić information content (AvgIpc) is 3.06. The molecule has 46 heavy (non-hydrogen) atoms. The van der Waals surface area contributed by atoms with Crippen LogP contribution in [0.5, 0.6) is 0 Å². The number of amides is 3. The number of thioether (sulfide) groups is 1. The van der Waals surface area contributed by atoms with Gasteiger partial charge in [0.15, 0.2) is 0 Å². The summed E-state index contributed by atoms with van der Waals surface area (Å²) in [5, 5.41) is 8.47. The fraction of sp³-hybridized carbons (Fsp3) is 0.0278. The normalized spacial score (nSPS) is 11.8. The van der Waals surface area contributed by atoms with Gasteiger partial charge in [-0.05, 0) is 77.9 Å². The minimum absolute atomic E-state index is 0.0418. The first kappa shape index (κ1) is 32.5. The van der Waals surface area contributed by atoms with Crippen molar-refractivity contribution >= 4 is 70.1 Å². The van der Waals surface area contributed by atoms with Crippen molar-refractivity contribution in [1.29, 1.82) is 0 Å². The van der Waals surface area contributed by atoms with Gasteiger partial charge in [-0.2, -0.15) is 0 Å². The molecule has 0 aliphatic rings. The van der Waals surface area contributed by atoms with Gasteiger partial charge in [0.1, 0.15) is 16.8 Å². The van der Waals surface area contributed by atoms with E-state index in [0.29, 0.717) is 37.4 Å². The monoisotopic (exact) mass is 669 g/mol. The molecule has 0 fully saturated rings. The van der Waals surface area contributed by atoms with Crippen LogP contribution in [0.3, 0.4) is 0 Å². The number of anilines is 2. The highest BCUT2D eigenvalue weighted by atomic mass is 35.5. The second kappa shape index (κ2) is 15.4. The minimum atomic E-state index is -0.669. The molecule has 5 aromatic carbocycles. The molecule has 0 aliphatic carbocycles. The zero-order valence-corrected chi connectivity index (χ0v) is 26.4. The van der Waals surface area contributed by atoms with Crippen LogP contribution in [0.4, 0.5) is 15.8 Å². The molecule has 5 aromatic rings. The first-order valence-corrected chi connectivity index (χ1v) is 15.6. The fourth-order valence-corrected chi connectivity index (χ4v) is 5.88. The summed E-state index contributed by atoms with van der Waals surface area (Å²) >= 11 is 13.6. The third-order valence-corrected chi connectivity index (χ3v) is 8.38. The number of carbonyl (C=O) groups excluding carboxylic acids is 3. The summed E-state index contributed by atoms with van der Waals surface area (Å²) in [5.74, 6) is -1.80. The molecule has 0 saturated heterocycles. The highest BCUT2D eigenvalue weighted by molar-refractivity contribution is 8.00. The Hall–Kier alpha value is -4.89. The third-order valence-electron chi connectivity index (χ3n) is 6.59. The van der Waals surface area contributed by atoms with Crippen LogP contribution in [0.2, 0.25) is 10.0 Å². The van der Waals surface area contributed by atoms with Crippen LogP contribution in [0.25, 0.3) is 6.08 Å². The Morgan fingerprint density at radius 1 is 0.739 bits per heavy atom. The Balaban J connectivity index is 1.38. The molecule has 0 aliphatic heterocycles. The van der Waals surface area contributed by atoms with Crippen LogP contribution in [0.1, 0.15) is 26.7 Å². The molecule has 5 rings (SSSR count). The first-order valence-electron chi connectivity index (χ1n) is 14.0. The summed E-state index contributed by atoms with van der Waals surface area (Å²) in [6, 6.07) is 35.1. The second-order valence-corrected chi connectivity index (χ2v) is 12.0. The van der Waals surface area contributed by atoms with Crippen LogP contribution in [0, 0.1) is 5.82 Å². The summed E-state index contributed by atoms with van der Waals surface area (Å²) < 4.78 is 13.5.